The van der Waals surface area contributed by atoms with Crippen LogP contribution in [0.1, 0.15) is 11.1 Å². The molecule has 0 aliphatic heterocycles. The molecule has 0 bridgehead atoms. The van der Waals surface area contributed by atoms with E-state index < -0.39 is 0 Å². The monoisotopic (exact) mass is 300 g/mol. The summed E-state index contributed by atoms with van der Waals surface area (Å²) in [6.07, 6.45) is 0. The molecule has 2 aromatic carbocycles. The number of carbonyl (C=O) groups is 1. The number of anilines is 1. The van der Waals surface area contributed by atoms with Crippen molar-refractivity contribution >= 4 is 11.6 Å². The number of nitrogens with two attached hydrogens (primary N) is 1. The Hall–Kier alpha value is -2.37. The first-order valence-electron chi connectivity index (χ1n) is 7.01. The molecule has 0 aliphatic rings. The minimum absolute atomic E-state index is 0.00111. The number of benzene rings is 2. The second kappa shape index (κ2) is 8.17. The highest BCUT2D eigenvalue weighted by atomic mass is 16.5. The Morgan fingerprint density at radius 3 is 2.59 bits per heavy atom. The van der Waals surface area contributed by atoms with Gasteiger partial charge in [-0.2, -0.15) is 0 Å². The summed E-state index contributed by atoms with van der Waals surface area (Å²) in [4.78, 5) is 11.8. The molecule has 2 aromatic rings. The van der Waals surface area contributed by atoms with Gasteiger partial charge in [-0.05, 0) is 35.4 Å². The molecule has 5 heteroatoms. The van der Waals surface area contributed by atoms with Crippen molar-refractivity contribution in [3.63, 3.8) is 0 Å². The molecule has 0 saturated heterocycles. The summed E-state index contributed by atoms with van der Waals surface area (Å²) >= 11 is 0. The van der Waals surface area contributed by atoms with Crippen LogP contribution >= 0.6 is 0 Å². The van der Waals surface area contributed by atoms with Crippen LogP contribution in [0.15, 0.2) is 48.5 Å². The van der Waals surface area contributed by atoms with Crippen molar-refractivity contribution < 1.29 is 14.3 Å². The molecular weight excluding hydrogens is 280 g/mol. The summed E-state index contributed by atoms with van der Waals surface area (Å²) in [6, 6.07) is 15.0. The predicted molar refractivity (Wildman–Crippen MR) is 85.6 cm³/mol. The zero-order valence-corrected chi connectivity index (χ0v) is 12.5. The number of carbonyl (C=O) groups excluding carboxylic acids is 1. The maximum atomic E-state index is 11.8. The summed E-state index contributed by atoms with van der Waals surface area (Å²) in [7, 11) is 1.62. The number of amides is 1. The lowest BCUT2D eigenvalue weighted by Gasteiger charge is -2.08. The van der Waals surface area contributed by atoms with Gasteiger partial charge in [-0.1, -0.05) is 24.3 Å². The molecule has 0 spiro atoms. The highest BCUT2D eigenvalue weighted by molar-refractivity contribution is 5.91. The molecule has 0 atom stereocenters. The van der Waals surface area contributed by atoms with E-state index in [1.807, 2.05) is 48.5 Å². The number of rotatable bonds is 7. The Bertz CT molecular complexity index is 612. The average Bonchev–Trinajstić information content (AvgIpc) is 2.55. The number of hydrogen-bond acceptors (Lipinski definition) is 4. The number of methoxy groups -OCH3 is 1. The quantitative estimate of drug-likeness (QED) is 0.823. The Kier molecular flexibility index (Phi) is 5.94. The summed E-state index contributed by atoms with van der Waals surface area (Å²) in [5.41, 5.74) is 8.25. The molecule has 0 heterocycles. The summed E-state index contributed by atoms with van der Waals surface area (Å²) in [5.74, 6) is 0.601. The fraction of sp³-hybridized carbons (Fsp3) is 0.235. The van der Waals surface area contributed by atoms with Gasteiger partial charge in [-0.3, -0.25) is 4.79 Å². The summed E-state index contributed by atoms with van der Waals surface area (Å²) in [6.45, 7) is 0.816. The molecule has 0 aromatic heterocycles. The lowest BCUT2D eigenvalue weighted by atomic mass is 10.2. The molecule has 0 saturated carbocycles. The maximum absolute atomic E-state index is 11.8. The normalized spacial score (nSPS) is 10.3. The number of ether oxygens (including phenoxy) is 2. The lowest BCUT2D eigenvalue weighted by molar-refractivity contribution is -0.121. The van der Waals surface area contributed by atoms with Gasteiger partial charge in [-0.15, -0.1) is 0 Å². The van der Waals surface area contributed by atoms with Crippen LogP contribution in [0, 0.1) is 0 Å². The fourth-order valence-corrected chi connectivity index (χ4v) is 1.96. The lowest BCUT2D eigenvalue weighted by Crippen LogP contribution is -2.18. The van der Waals surface area contributed by atoms with Crippen LogP contribution in [0.3, 0.4) is 0 Å². The Labute approximate surface area is 130 Å². The average molecular weight is 300 g/mol. The molecule has 2 rings (SSSR count). The van der Waals surface area contributed by atoms with E-state index in [9.17, 15) is 4.79 Å². The smallest absolute Gasteiger partial charge is 0.250 e. The minimum Gasteiger partial charge on any atom is -0.497 e. The van der Waals surface area contributed by atoms with Gasteiger partial charge in [0.05, 0.1) is 13.7 Å². The highest BCUT2D eigenvalue weighted by Crippen LogP contribution is 2.12. The Balaban J connectivity index is 1.77. The van der Waals surface area contributed by atoms with Crippen LogP contribution in [-0.4, -0.2) is 19.6 Å². The van der Waals surface area contributed by atoms with Gasteiger partial charge in [-0.25, -0.2) is 0 Å². The fourth-order valence-electron chi connectivity index (χ4n) is 1.96. The van der Waals surface area contributed by atoms with Crippen molar-refractivity contribution in [2.45, 2.75) is 13.2 Å². The van der Waals surface area contributed by atoms with Crippen LogP contribution in [-0.2, 0) is 22.7 Å². The van der Waals surface area contributed by atoms with Gasteiger partial charge in [0.15, 0.2) is 0 Å². The van der Waals surface area contributed by atoms with Crippen LogP contribution in [0.4, 0.5) is 5.69 Å². The van der Waals surface area contributed by atoms with E-state index in [0.717, 1.165) is 22.6 Å². The minimum atomic E-state index is -0.192. The second-order valence-corrected chi connectivity index (χ2v) is 4.79. The zero-order chi connectivity index (χ0) is 15.8. The van der Waals surface area contributed by atoms with Crippen LogP contribution in [0.5, 0.6) is 5.75 Å². The van der Waals surface area contributed by atoms with Gasteiger partial charge in [0, 0.05) is 12.2 Å². The second-order valence-electron chi connectivity index (χ2n) is 4.79. The molecule has 3 N–H and O–H groups in total. The zero-order valence-electron chi connectivity index (χ0n) is 12.5. The molecule has 116 valence electrons. The highest BCUT2D eigenvalue weighted by Gasteiger charge is 2.03. The first kappa shape index (κ1) is 16.0. The molecule has 5 nitrogen and oxygen atoms in total. The van der Waals surface area contributed by atoms with Gasteiger partial charge in [0.25, 0.3) is 0 Å². The first-order valence-corrected chi connectivity index (χ1v) is 7.01. The molecule has 1 amide bonds. The Morgan fingerprint density at radius 1 is 1.14 bits per heavy atom. The van der Waals surface area contributed by atoms with Gasteiger partial charge >= 0.3 is 0 Å². The van der Waals surface area contributed by atoms with E-state index in [-0.39, 0.29) is 12.5 Å². The number of nitrogens with one attached hydrogen (secondary N) is 1. The van der Waals surface area contributed by atoms with E-state index in [1.54, 1.807) is 7.11 Å². The third-order valence-corrected chi connectivity index (χ3v) is 3.11. The number of hydrogen-bond donors (Lipinski definition) is 2. The third kappa shape index (κ3) is 4.87. The van der Waals surface area contributed by atoms with Crippen LogP contribution in [0.2, 0.25) is 0 Å². The van der Waals surface area contributed by atoms with Crippen molar-refractivity contribution in [3.05, 3.63) is 59.7 Å². The van der Waals surface area contributed by atoms with Gasteiger partial charge < -0.3 is 20.5 Å². The van der Waals surface area contributed by atoms with E-state index in [1.165, 1.54) is 0 Å². The largest absolute Gasteiger partial charge is 0.497 e. The SMILES string of the molecule is COc1ccc(COCC(=O)Nc2cccc(CN)c2)cc1. The standard InChI is InChI=1S/C17H20N2O3/c1-21-16-7-5-13(6-8-16)11-22-12-17(20)19-15-4-2-3-14(9-15)10-18/h2-9H,10-12,18H2,1H3,(H,19,20). The molecule has 0 radical (unpaired) electrons. The van der Waals surface area contributed by atoms with E-state index in [2.05, 4.69) is 5.32 Å². The molecular formula is C17H20N2O3. The van der Waals surface area contributed by atoms with Crippen molar-refractivity contribution in [2.75, 3.05) is 19.0 Å². The van der Waals surface area contributed by atoms with Crippen molar-refractivity contribution in [2.24, 2.45) is 5.73 Å². The van der Waals surface area contributed by atoms with Gasteiger partial charge in [0.2, 0.25) is 5.91 Å². The van der Waals surface area contributed by atoms with E-state index in [0.29, 0.717) is 13.2 Å². The third-order valence-electron chi connectivity index (χ3n) is 3.11. The van der Waals surface area contributed by atoms with E-state index >= 15 is 0 Å². The van der Waals surface area contributed by atoms with Crippen molar-refractivity contribution in [3.8, 4) is 5.75 Å². The molecule has 0 aliphatic carbocycles. The van der Waals surface area contributed by atoms with Gasteiger partial charge in [0.1, 0.15) is 12.4 Å². The molecule has 0 fully saturated rings. The first-order chi connectivity index (χ1) is 10.7. The molecule has 0 unspecified atom stereocenters. The predicted octanol–water partition coefficient (Wildman–Crippen LogP) is 2.31. The van der Waals surface area contributed by atoms with E-state index in [4.69, 9.17) is 15.2 Å². The summed E-state index contributed by atoms with van der Waals surface area (Å²) < 4.78 is 10.5. The summed E-state index contributed by atoms with van der Waals surface area (Å²) in [5, 5.41) is 2.78. The van der Waals surface area contributed by atoms with Crippen molar-refractivity contribution in [1.29, 1.82) is 0 Å². The molecule has 22 heavy (non-hydrogen) atoms. The maximum Gasteiger partial charge on any atom is 0.250 e. The topological polar surface area (TPSA) is 73.6 Å². The van der Waals surface area contributed by atoms with Crippen LogP contribution in [0.25, 0.3) is 0 Å². The van der Waals surface area contributed by atoms with Crippen LogP contribution < -0.4 is 15.8 Å². The Morgan fingerprint density at radius 2 is 1.91 bits per heavy atom. The van der Waals surface area contributed by atoms with Crippen molar-refractivity contribution in [1.82, 2.24) is 0 Å².